The third kappa shape index (κ3) is 3.59. The van der Waals surface area contributed by atoms with E-state index in [0.29, 0.717) is 22.7 Å². The fourth-order valence-corrected chi connectivity index (χ4v) is 5.16. The van der Waals surface area contributed by atoms with E-state index in [1.165, 1.54) is 23.1 Å². The van der Waals surface area contributed by atoms with Crippen LogP contribution in [0.3, 0.4) is 0 Å². The molecule has 0 saturated carbocycles. The smallest absolute Gasteiger partial charge is 0.225 e. The summed E-state index contributed by atoms with van der Waals surface area (Å²) in [4.78, 5) is 13.4. The zero-order valence-corrected chi connectivity index (χ0v) is 17.9. The summed E-state index contributed by atoms with van der Waals surface area (Å²) in [6.07, 6.45) is 0.324. The molecule has 4 rings (SSSR count). The van der Waals surface area contributed by atoms with E-state index in [9.17, 15) is 10.1 Å². The van der Waals surface area contributed by atoms with E-state index in [1.54, 1.807) is 0 Å². The van der Waals surface area contributed by atoms with Crippen molar-refractivity contribution in [2.45, 2.75) is 32.3 Å². The second-order valence-electron chi connectivity index (χ2n) is 6.77. The van der Waals surface area contributed by atoms with E-state index < -0.39 is 0 Å². The lowest BCUT2D eigenvalue weighted by atomic mass is 10.1. The van der Waals surface area contributed by atoms with Gasteiger partial charge >= 0.3 is 0 Å². The summed E-state index contributed by atoms with van der Waals surface area (Å²) in [5.74, 6) is 0.463. The van der Waals surface area contributed by atoms with Crippen LogP contribution in [0.25, 0.3) is 16.6 Å². The summed E-state index contributed by atoms with van der Waals surface area (Å²) in [5, 5.41) is 23.4. The molecule has 3 aromatic heterocycles. The normalized spacial score (nSPS) is 11.1. The molecule has 1 N–H and O–H groups in total. The number of nitriles is 1. The lowest BCUT2D eigenvalue weighted by Gasteiger charge is -2.07. The van der Waals surface area contributed by atoms with Crippen LogP contribution in [-0.4, -0.2) is 26.3 Å². The lowest BCUT2D eigenvalue weighted by Crippen LogP contribution is -2.12. The van der Waals surface area contributed by atoms with Gasteiger partial charge in [0.15, 0.2) is 10.8 Å². The Morgan fingerprint density at radius 3 is 2.86 bits per heavy atom. The quantitative estimate of drug-likeness (QED) is 0.465. The minimum Gasteiger partial charge on any atom is -0.317 e. The van der Waals surface area contributed by atoms with E-state index in [1.807, 2.05) is 36.4 Å². The first kappa shape index (κ1) is 19.4. The van der Waals surface area contributed by atoms with Gasteiger partial charge in [-0.1, -0.05) is 30.0 Å². The number of amides is 1. The van der Waals surface area contributed by atoms with Crippen LogP contribution in [0, 0.1) is 32.1 Å². The number of thioether (sulfide) groups is 1. The van der Waals surface area contributed by atoms with Gasteiger partial charge in [-0.3, -0.25) is 9.20 Å². The van der Waals surface area contributed by atoms with E-state index in [0.717, 1.165) is 37.7 Å². The van der Waals surface area contributed by atoms with Gasteiger partial charge < -0.3 is 5.32 Å². The van der Waals surface area contributed by atoms with Gasteiger partial charge in [-0.25, -0.2) is 0 Å². The van der Waals surface area contributed by atoms with Crippen molar-refractivity contribution in [3.8, 4) is 6.07 Å². The van der Waals surface area contributed by atoms with E-state index in [2.05, 4.69) is 40.6 Å². The Morgan fingerprint density at radius 1 is 1.28 bits per heavy atom. The summed E-state index contributed by atoms with van der Waals surface area (Å²) in [5.41, 5.74) is 4.50. The maximum absolute atomic E-state index is 12.4. The van der Waals surface area contributed by atoms with Crippen LogP contribution in [0.1, 0.15) is 28.0 Å². The van der Waals surface area contributed by atoms with Crippen molar-refractivity contribution >= 4 is 50.6 Å². The third-order valence-electron chi connectivity index (χ3n) is 4.88. The van der Waals surface area contributed by atoms with E-state index in [-0.39, 0.29) is 5.91 Å². The molecule has 0 aliphatic heterocycles. The molecule has 0 unspecified atom stereocenters. The first-order valence-electron chi connectivity index (χ1n) is 9.16. The SMILES string of the molecule is Cc1sc(NC(=O)CCSc2nnc3cc(C)c4ccccc4n23)c(C#N)c1C. The highest BCUT2D eigenvalue weighted by Crippen LogP contribution is 2.32. The molecule has 4 aromatic rings. The number of benzene rings is 1. The molecular weight excluding hydrogens is 402 g/mol. The number of aromatic nitrogens is 3. The zero-order chi connectivity index (χ0) is 20.5. The van der Waals surface area contributed by atoms with Gasteiger partial charge in [0.1, 0.15) is 11.1 Å². The summed E-state index contributed by atoms with van der Waals surface area (Å²) >= 11 is 2.94. The van der Waals surface area contributed by atoms with Crippen molar-refractivity contribution in [2.24, 2.45) is 0 Å². The molecule has 0 saturated heterocycles. The van der Waals surface area contributed by atoms with Gasteiger partial charge in [0.25, 0.3) is 0 Å². The Bertz CT molecular complexity index is 1280. The number of pyridine rings is 1. The molecule has 0 fully saturated rings. The monoisotopic (exact) mass is 421 g/mol. The van der Waals surface area contributed by atoms with Crippen molar-refractivity contribution < 1.29 is 4.79 Å². The highest BCUT2D eigenvalue weighted by Gasteiger charge is 2.15. The highest BCUT2D eigenvalue weighted by molar-refractivity contribution is 7.99. The van der Waals surface area contributed by atoms with Gasteiger partial charge in [-0.2, -0.15) is 5.26 Å². The molecule has 6 nitrogen and oxygen atoms in total. The molecule has 0 atom stereocenters. The van der Waals surface area contributed by atoms with Crippen molar-refractivity contribution in [2.75, 3.05) is 11.1 Å². The maximum Gasteiger partial charge on any atom is 0.225 e. The Labute approximate surface area is 176 Å². The first-order valence-corrected chi connectivity index (χ1v) is 11.0. The molecule has 3 heterocycles. The van der Waals surface area contributed by atoms with Crippen molar-refractivity contribution in [3.05, 3.63) is 51.9 Å². The fourth-order valence-electron chi connectivity index (χ4n) is 3.24. The number of para-hydroxylation sites is 1. The van der Waals surface area contributed by atoms with Crippen LogP contribution in [0.2, 0.25) is 0 Å². The van der Waals surface area contributed by atoms with Gasteiger partial charge in [-0.15, -0.1) is 21.5 Å². The zero-order valence-electron chi connectivity index (χ0n) is 16.3. The predicted octanol–water partition coefficient (Wildman–Crippen LogP) is 4.86. The van der Waals surface area contributed by atoms with Gasteiger partial charge in [0, 0.05) is 22.4 Å². The molecule has 8 heteroatoms. The molecule has 0 radical (unpaired) electrons. The number of hydrogen-bond donors (Lipinski definition) is 1. The first-order chi connectivity index (χ1) is 14.0. The molecule has 1 aromatic carbocycles. The number of fused-ring (bicyclic) bond motifs is 3. The number of nitrogens with one attached hydrogen (secondary N) is 1. The van der Waals surface area contributed by atoms with Gasteiger partial charge in [-0.05, 0) is 44.0 Å². The number of rotatable bonds is 5. The second-order valence-corrected chi connectivity index (χ2v) is 9.05. The minimum atomic E-state index is -0.107. The maximum atomic E-state index is 12.4. The number of anilines is 1. The molecule has 0 aliphatic carbocycles. The summed E-state index contributed by atoms with van der Waals surface area (Å²) in [6, 6.07) is 12.4. The van der Waals surface area contributed by atoms with Crippen LogP contribution >= 0.6 is 23.1 Å². The third-order valence-corrected chi connectivity index (χ3v) is 6.94. The molecule has 1 amide bonds. The summed E-state index contributed by atoms with van der Waals surface area (Å²) in [6.45, 7) is 5.92. The average Bonchev–Trinajstić information content (AvgIpc) is 3.22. The predicted molar refractivity (Wildman–Crippen MR) is 118 cm³/mol. The summed E-state index contributed by atoms with van der Waals surface area (Å²) < 4.78 is 2.03. The van der Waals surface area contributed by atoms with Crippen LogP contribution < -0.4 is 5.32 Å². The Hall–Kier alpha value is -2.89. The summed E-state index contributed by atoms with van der Waals surface area (Å²) in [7, 11) is 0. The number of aryl methyl sites for hydroxylation is 2. The molecular formula is C21H19N5OS2. The highest BCUT2D eigenvalue weighted by atomic mass is 32.2. The Morgan fingerprint density at radius 2 is 2.07 bits per heavy atom. The fraction of sp³-hybridized carbons (Fsp3) is 0.238. The number of nitrogens with zero attached hydrogens (tertiary/aromatic N) is 4. The van der Waals surface area contributed by atoms with Crippen LogP contribution in [0.15, 0.2) is 35.5 Å². The number of carbonyl (C=O) groups is 1. The average molecular weight is 422 g/mol. The van der Waals surface area contributed by atoms with Gasteiger partial charge in [0.2, 0.25) is 5.91 Å². The van der Waals surface area contributed by atoms with Crippen LogP contribution in [0.4, 0.5) is 5.00 Å². The van der Waals surface area contributed by atoms with Gasteiger partial charge in [0.05, 0.1) is 11.1 Å². The number of thiophene rings is 1. The van der Waals surface area contributed by atoms with Crippen molar-refractivity contribution in [1.29, 1.82) is 5.26 Å². The largest absolute Gasteiger partial charge is 0.317 e. The lowest BCUT2D eigenvalue weighted by molar-refractivity contribution is -0.115. The van der Waals surface area contributed by atoms with Crippen molar-refractivity contribution in [3.63, 3.8) is 0 Å². The minimum absolute atomic E-state index is 0.107. The molecule has 29 heavy (non-hydrogen) atoms. The Balaban J connectivity index is 1.48. The van der Waals surface area contributed by atoms with Crippen molar-refractivity contribution in [1.82, 2.24) is 14.6 Å². The molecule has 0 spiro atoms. The Kier molecular flexibility index (Phi) is 5.26. The van der Waals surface area contributed by atoms with Crippen LogP contribution in [0.5, 0.6) is 0 Å². The molecule has 146 valence electrons. The number of carbonyl (C=O) groups excluding carboxylic acids is 1. The number of hydrogen-bond acceptors (Lipinski definition) is 6. The topological polar surface area (TPSA) is 83.1 Å². The standard InChI is InChI=1S/C21H19N5OS2/c1-12-10-18-24-25-21(26(18)17-7-5-4-6-15(12)17)28-9-8-19(27)23-20-16(11-22)13(2)14(3)29-20/h4-7,10H,8-9H2,1-3H3,(H,23,27). The second kappa shape index (κ2) is 7.85. The molecule has 0 aliphatic rings. The van der Waals surface area contributed by atoms with E-state index >= 15 is 0 Å². The van der Waals surface area contributed by atoms with E-state index in [4.69, 9.17) is 0 Å². The molecule has 0 bridgehead atoms. The van der Waals surface area contributed by atoms with Crippen LogP contribution in [-0.2, 0) is 4.79 Å².